The van der Waals surface area contributed by atoms with Crippen molar-refractivity contribution in [1.29, 1.82) is 0 Å². The van der Waals surface area contributed by atoms with Crippen LogP contribution in [0.15, 0.2) is 24.3 Å². The standard InChI is InChI=1S/C12H14F3NO3/c1-8(17)5-6-11(18)16-9-3-2-4-10(7-9)19-12(13,14)15/h2-4,7-8,17H,5-6H2,1H3,(H,16,18). The lowest BCUT2D eigenvalue weighted by Gasteiger charge is -2.11. The van der Waals surface area contributed by atoms with E-state index in [1.165, 1.54) is 12.1 Å². The average Bonchev–Trinajstić information content (AvgIpc) is 2.24. The van der Waals surface area contributed by atoms with Crippen molar-refractivity contribution in [3.8, 4) is 5.75 Å². The average molecular weight is 277 g/mol. The van der Waals surface area contributed by atoms with Crippen LogP contribution in [-0.4, -0.2) is 23.5 Å². The van der Waals surface area contributed by atoms with Crippen LogP contribution < -0.4 is 10.1 Å². The number of nitrogens with one attached hydrogen (secondary N) is 1. The van der Waals surface area contributed by atoms with Crippen LogP contribution in [0.25, 0.3) is 0 Å². The number of amides is 1. The molecule has 4 nitrogen and oxygen atoms in total. The largest absolute Gasteiger partial charge is 0.573 e. The SMILES string of the molecule is CC(O)CCC(=O)Nc1cccc(OC(F)(F)F)c1. The number of aliphatic hydroxyl groups is 1. The number of hydrogen-bond acceptors (Lipinski definition) is 3. The molecule has 0 heterocycles. The molecule has 2 N–H and O–H groups in total. The summed E-state index contributed by atoms with van der Waals surface area (Å²) in [4.78, 5) is 11.4. The second-order valence-corrected chi connectivity index (χ2v) is 4.01. The van der Waals surface area contributed by atoms with Gasteiger partial charge in [0.15, 0.2) is 0 Å². The van der Waals surface area contributed by atoms with Crippen molar-refractivity contribution in [3.63, 3.8) is 0 Å². The molecule has 0 aliphatic rings. The Kier molecular flexibility index (Phi) is 5.17. The second kappa shape index (κ2) is 6.42. The van der Waals surface area contributed by atoms with Gasteiger partial charge in [-0.3, -0.25) is 4.79 Å². The monoisotopic (exact) mass is 277 g/mol. The fourth-order valence-corrected chi connectivity index (χ4v) is 1.33. The minimum absolute atomic E-state index is 0.0853. The third-order valence-electron chi connectivity index (χ3n) is 2.14. The van der Waals surface area contributed by atoms with Crippen molar-refractivity contribution in [1.82, 2.24) is 0 Å². The number of alkyl halides is 3. The maximum Gasteiger partial charge on any atom is 0.573 e. The molecule has 0 aliphatic carbocycles. The molecule has 19 heavy (non-hydrogen) atoms. The highest BCUT2D eigenvalue weighted by atomic mass is 19.4. The van der Waals surface area contributed by atoms with Gasteiger partial charge in [0.2, 0.25) is 5.91 Å². The van der Waals surface area contributed by atoms with E-state index in [1.807, 2.05) is 0 Å². The Bertz CT molecular complexity index is 432. The maximum absolute atomic E-state index is 12.0. The highest BCUT2D eigenvalue weighted by Gasteiger charge is 2.31. The molecular weight excluding hydrogens is 263 g/mol. The van der Waals surface area contributed by atoms with E-state index in [9.17, 15) is 18.0 Å². The number of carbonyl (C=O) groups excluding carboxylic acids is 1. The van der Waals surface area contributed by atoms with E-state index >= 15 is 0 Å². The summed E-state index contributed by atoms with van der Waals surface area (Å²) in [5, 5.41) is 11.4. The predicted molar refractivity (Wildman–Crippen MR) is 62.7 cm³/mol. The Labute approximate surface area is 108 Å². The molecule has 1 amide bonds. The quantitative estimate of drug-likeness (QED) is 0.870. The van der Waals surface area contributed by atoms with Crippen LogP contribution in [-0.2, 0) is 4.79 Å². The summed E-state index contributed by atoms with van der Waals surface area (Å²) in [6.07, 6.45) is -5.01. The van der Waals surface area contributed by atoms with Crippen LogP contribution in [0.5, 0.6) is 5.75 Å². The van der Waals surface area contributed by atoms with Gasteiger partial charge in [-0.05, 0) is 25.5 Å². The van der Waals surface area contributed by atoms with E-state index < -0.39 is 18.2 Å². The van der Waals surface area contributed by atoms with Gasteiger partial charge in [-0.15, -0.1) is 13.2 Å². The molecule has 0 aromatic heterocycles. The Hall–Kier alpha value is -1.76. The lowest BCUT2D eigenvalue weighted by molar-refractivity contribution is -0.274. The number of anilines is 1. The lowest BCUT2D eigenvalue weighted by Crippen LogP contribution is -2.17. The first kappa shape index (κ1) is 15.3. The fourth-order valence-electron chi connectivity index (χ4n) is 1.33. The molecule has 0 bridgehead atoms. The van der Waals surface area contributed by atoms with E-state index in [1.54, 1.807) is 6.92 Å². The van der Waals surface area contributed by atoms with E-state index in [-0.39, 0.29) is 24.4 Å². The molecule has 1 rings (SSSR count). The molecule has 7 heteroatoms. The van der Waals surface area contributed by atoms with E-state index in [0.717, 1.165) is 12.1 Å². The Morgan fingerprint density at radius 3 is 2.74 bits per heavy atom. The summed E-state index contributed by atoms with van der Waals surface area (Å²) < 4.78 is 39.8. The number of rotatable bonds is 5. The molecule has 0 fully saturated rings. The van der Waals surface area contributed by atoms with Crippen LogP contribution in [0.2, 0.25) is 0 Å². The highest BCUT2D eigenvalue weighted by molar-refractivity contribution is 5.90. The summed E-state index contributed by atoms with van der Waals surface area (Å²) in [5.41, 5.74) is 0.206. The first-order valence-corrected chi connectivity index (χ1v) is 5.60. The second-order valence-electron chi connectivity index (χ2n) is 4.01. The molecule has 1 aromatic carbocycles. The van der Waals surface area contributed by atoms with E-state index in [2.05, 4.69) is 10.1 Å². The molecule has 1 unspecified atom stereocenters. The van der Waals surface area contributed by atoms with Crippen molar-refractivity contribution in [2.24, 2.45) is 0 Å². The van der Waals surface area contributed by atoms with Gasteiger partial charge in [0.05, 0.1) is 6.10 Å². The first-order valence-electron chi connectivity index (χ1n) is 5.60. The summed E-state index contributed by atoms with van der Waals surface area (Å²) in [6.45, 7) is 1.55. The maximum atomic E-state index is 12.0. The Morgan fingerprint density at radius 2 is 2.16 bits per heavy atom. The molecule has 1 aromatic rings. The Morgan fingerprint density at radius 1 is 1.47 bits per heavy atom. The van der Waals surface area contributed by atoms with Gasteiger partial charge in [-0.1, -0.05) is 6.07 Å². The Balaban J connectivity index is 2.59. The number of benzene rings is 1. The first-order chi connectivity index (χ1) is 8.76. The number of aliphatic hydroxyl groups excluding tert-OH is 1. The zero-order chi connectivity index (χ0) is 14.5. The van der Waals surface area contributed by atoms with Crippen LogP contribution in [0.1, 0.15) is 19.8 Å². The molecule has 0 saturated carbocycles. The third-order valence-corrected chi connectivity index (χ3v) is 2.14. The fraction of sp³-hybridized carbons (Fsp3) is 0.417. The minimum atomic E-state index is -4.77. The van der Waals surface area contributed by atoms with Gasteiger partial charge in [-0.2, -0.15) is 0 Å². The van der Waals surface area contributed by atoms with Gasteiger partial charge in [0.25, 0.3) is 0 Å². The van der Waals surface area contributed by atoms with E-state index in [4.69, 9.17) is 5.11 Å². The molecule has 0 spiro atoms. The summed E-state index contributed by atoms with van der Waals surface area (Å²) >= 11 is 0. The molecular formula is C12H14F3NO3. The summed E-state index contributed by atoms with van der Waals surface area (Å²) in [6, 6.07) is 5.00. The van der Waals surface area contributed by atoms with Gasteiger partial charge < -0.3 is 15.2 Å². The number of halogens is 3. The van der Waals surface area contributed by atoms with Gasteiger partial charge in [-0.25, -0.2) is 0 Å². The zero-order valence-electron chi connectivity index (χ0n) is 10.2. The number of hydrogen-bond donors (Lipinski definition) is 2. The van der Waals surface area contributed by atoms with Gasteiger partial charge in [0, 0.05) is 18.2 Å². The van der Waals surface area contributed by atoms with Gasteiger partial charge >= 0.3 is 6.36 Å². The van der Waals surface area contributed by atoms with Crippen molar-refractivity contribution >= 4 is 11.6 Å². The third kappa shape index (κ3) is 6.66. The van der Waals surface area contributed by atoms with Crippen molar-refractivity contribution < 1.29 is 27.8 Å². The van der Waals surface area contributed by atoms with Crippen LogP contribution in [0.4, 0.5) is 18.9 Å². The molecule has 0 radical (unpaired) electrons. The van der Waals surface area contributed by atoms with Crippen LogP contribution in [0.3, 0.4) is 0 Å². The summed E-state index contributed by atoms with van der Waals surface area (Å²) in [5.74, 6) is -0.786. The normalized spacial score (nSPS) is 12.9. The minimum Gasteiger partial charge on any atom is -0.406 e. The molecule has 0 saturated heterocycles. The van der Waals surface area contributed by atoms with Crippen LogP contribution >= 0.6 is 0 Å². The predicted octanol–water partition coefficient (Wildman–Crippen LogP) is 2.68. The molecule has 1 atom stereocenters. The highest BCUT2D eigenvalue weighted by Crippen LogP contribution is 2.25. The van der Waals surface area contributed by atoms with Crippen LogP contribution in [0, 0.1) is 0 Å². The number of ether oxygens (including phenoxy) is 1. The zero-order valence-corrected chi connectivity index (χ0v) is 10.2. The molecule has 0 aliphatic heterocycles. The lowest BCUT2D eigenvalue weighted by atomic mass is 10.2. The number of carbonyl (C=O) groups is 1. The van der Waals surface area contributed by atoms with E-state index in [0.29, 0.717) is 0 Å². The molecule has 106 valence electrons. The van der Waals surface area contributed by atoms with Crippen molar-refractivity contribution in [3.05, 3.63) is 24.3 Å². The topological polar surface area (TPSA) is 58.6 Å². The van der Waals surface area contributed by atoms with Gasteiger partial charge in [0.1, 0.15) is 5.75 Å². The smallest absolute Gasteiger partial charge is 0.406 e. The van der Waals surface area contributed by atoms with Crippen molar-refractivity contribution in [2.75, 3.05) is 5.32 Å². The summed E-state index contributed by atoms with van der Waals surface area (Å²) in [7, 11) is 0. The van der Waals surface area contributed by atoms with Crippen molar-refractivity contribution in [2.45, 2.75) is 32.2 Å².